The number of benzene rings is 1. The van der Waals surface area contributed by atoms with E-state index in [1.165, 1.54) is 0 Å². The van der Waals surface area contributed by atoms with Gasteiger partial charge in [-0.05, 0) is 73.3 Å². The maximum atomic E-state index is 13.0. The van der Waals surface area contributed by atoms with Crippen molar-refractivity contribution >= 4 is 29.7 Å². The SMILES string of the molecule is CC(NC(=O)C(CCCCNC(=O)OC(C)(C)C)NC(=O)OC(C)(C)C)C(Cl)c1ccccc1. The molecular weight excluding hydrogens is 458 g/mol. The fourth-order valence-electron chi connectivity index (χ4n) is 3.02. The normalized spacial score (nSPS) is 14.4. The van der Waals surface area contributed by atoms with Crippen molar-refractivity contribution in [2.75, 3.05) is 6.54 Å². The van der Waals surface area contributed by atoms with Crippen LogP contribution in [0.4, 0.5) is 9.59 Å². The Kier molecular flexibility index (Phi) is 11.7. The Balaban J connectivity index is 2.67. The summed E-state index contributed by atoms with van der Waals surface area (Å²) in [5.74, 6) is -0.347. The molecule has 0 saturated carbocycles. The number of halogens is 1. The number of carbonyl (C=O) groups is 3. The Hall–Kier alpha value is -2.48. The number of carbonyl (C=O) groups excluding carboxylic acids is 3. The van der Waals surface area contributed by atoms with Crippen molar-refractivity contribution in [1.29, 1.82) is 0 Å². The number of ether oxygens (including phenoxy) is 2. The highest BCUT2D eigenvalue weighted by Gasteiger charge is 2.27. The maximum absolute atomic E-state index is 13.0. The molecule has 192 valence electrons. The molecule has 0 spiro atoms. The lowest BCUT2D eigenvalue weighted by Gasteiger charge is -2.26. The zero-order valence-electron chi connectivity index (χ0n) is 21.4. The molecule has 0 aliphatic rings. The van der Waals surface area contributed by atoms with Gasteiger partial charge >= 0.3 is 12.2 Å². The molecule has 8 nitrogen and oxygen atoms in total. The number of hydrogen-bond donors (Lipinski definition) is 3. The van der Waals surface area contributed by atoms with Crippen LogP contribution in [0.15, 0.2) is 30.3 Å². The van der Waals surface area contributed by atoms with E-state index >= 15 is 0 Å². The summed E-state index contributed by atoms with van der Waals surface area (Å²) in [5.41, 5.74) is -0.368. The third kappa shape index (κ3) is 12.7. The molecule has 0 saturated heterocycles. The zero-order valence-corrected chi connectivity index (χ0v) is 22.1. The number of amides is 3. The van der Waals surface area contributed by atoms with Crippen LogP contribution < -0.4 is 16.0 Å². The first-order valence-corrected chi connectivity index (χ1v) is 12.1. The standard InChI is InChI=1S/C25H40ClN3O5/c1-17(20(26)18-13-9-8-10-14-18)28-21(30)19(29-23(32)34-25(5,6)7)15-11-12-16-27-22(31)33-24(2,3)4/h8-10,13-14,17,19-20H,11-12,15-16H2,1-7H3,(H,27,31)(H,28,30)(H,29,32). The molecule has 34 heavy (non-hydrogen) atoms. The Bertz CT molecular complexity index is 790. The molecule has 3 atom stereocenters. The third-order valence-electron chi connectivity index (χ3n) is 4.52. The van der Waals surface area contributed by atoms with E-state index < -0.39 is 34.8 Å². The first-order chi connectivity index (χ1) is 15.7. The fourth-order valence-corrected chi connectivity index (χ4v) is 3.23. The Morgan fingerprint density at radius 1 is 0.882 bits per heavy atom. The summed E-state index contributed by atoms with van der Waals surface area (Å²) in [6, 6.07) is 8.29. The molecule has 1 aromatic carbocycles. The monoisotopic (exact) mass is 497 g/mol. The molecule has 0 radical (unpaired) electrons. The van der Waals surface area contributed by atoms with Crippen LogP contribution in [0.1, 0.15) is 78.7 Å². The van der Waals surface area contributed by atoms with Crippen molar-refractivity contribution in [3.8, 4) is 0 Å². The van der Waals surface area contributed by atoms with Crippen molar-refractivity contribution in [3.63, 3.8) is 0 Å². The van der Waals surface area contributed by atoms with E-state index in [0.717, 1.165) is 5.56 Å². The van der Waals surface area contributed by atoms with Crippen molar-refractivity contribution in [2.45, 2.75) is 96.4 Å². The summed E-state index contributed by atoms with van der Waals surface area (Å²) in [4.78, 5) is 37.1. The van der Waals surface area contributed by atoms with Crippen LogP contribution in [0.2, 0.25) is 0 Å². The number of alkyl halides is 1. The summed E-state index contributed by atoms with van der Waals surface area (Å²) >= 11 is 6.54. The molecule has 3 amide bonds. The minimum Gasteiger partial charge on any atom is -0.444 e. The predicted octanol–water partition coefficient (Wildman–Crippen LogP) is 5.06. The molecule has 0 aromatic heterocycles. The highest BCUT2D eigenvalue weighted by Crippen LogP contribution is 2.24. The number of alkyl carbamates (subject to hydrolysis) is 2. The van der Waals surface area contributed by atoms with Gasteiger partial charge in [-0.15, -0.1) is 11.6 Å². The van der Waals surface area contributed by atoms with Gasteiger partial charge in [0.25, 0.3) is 0 Å². The largest absolute Gasteiger partial charge is 0.444 e. The summed E-state index contributed by atoms with van der Waals surface area (Å²) in [6.45, 7) is 12.9. The maximum Gasteiger partial charge on any atom is 0.408 e. The quantitative estimate of drug-likeness (QED) is 0.309. The van der Waals surface area contributed by atoms with Crippen molar-refractivity contribution in [2.24, 2.45) is 0 Å². The van der Waals surface area contributed by atoms with E-state index in [-0.39, 0.29) is 11.9 Å². The fraction of sp³-hybridized carbons (Fsp3) is 0.640. The number of hydrogen-bond acceptors (Lipinski definition) is 5. The molecule has 1 aromatic rings. The van der Waals surface area contributed by atoms with E-state index in [1.54, 1.807) is 41.5 Å². The molecule has 3 N–H and O–H groups in total. The molecular formula is C25H40ClN3O5. The van der Waals surface area contributed by atoms with Gasteiger partial charge in [-0.3, -0.25) is 4.79 Å². The van der Waals surface area contributed by atoms with Gasteiger partial charge in [0.2, 0.25) is 5.91 Å². The van der Waals surface area contributed by atoms with Crippen LogP contribution in [-0.2, 0) is 14.3 Å². The molecule has 0 bridgehead atoms. The highest BCUT2D eigenvalue weighted by molar-refractivity contribution is 6.21. The predicted molar refractivity (Wildman–Crippen MR) is 134 cm³/mol. The highest BCUT2D eigenvalue weighted by atomic mass is 35.5. The van der Waals surface area contributed by atoms with Gasteiger partial charge in [0.15, 0.2) is 0 Å². The zero-order chi connectivity index (χ0) is 25.9. The molecule has 3 unspecified atom stereocenters. The minimum absolute atomic E-state index is 0.347. The van der Waals surface area contributed by atoms with E-state index in [0.29, 0.717) is 25.8 Å². The van der Waals surface area contributed by atoms with Gasteiger partial charge in [-0.25, -0.2) is 9.59 Å². The average molecular weight is 498 g/mol. The van der Waals surface area contributed by atoms with Crippen LogP contribution >= 0.6 is 11.6 Å². The Labute approximate surface area is 208 Å². The van der Waals surface area contributed by atoms with Gasteiger partial charge in [0.05, 0.1) is 5.38 Å². The van der Waals surface area contributed by atoms with Gasteiger partial charge in [-0.2, -0.15) is 0 Å². The van der Waals surface area contributed by atoms with E-state index in [2.05, 4.69) is 16.0 Å². The summed E-state index contributed by atoms with van der Waals surface area (Å²) < 4.78 is 10.5. The van der Waals surface area contributed by atoms with Crippen LogP contribution in [-0.4, -0.2) is 47.9 Å². The number of nitrogens with one attached hydrogen (secondary N) is 3. The summed E-state index contributed by atoms with van der Waals surface area (Å²) in [7, 11) is 0. The number of rotatable bonds is 10. The first-order valence-electron chi connectivity index (χ1n) is 11.6. The van der Waals surface area contributed by atoms with Crippen LogP contribution in [0, 0.1) is 0 Å². The van der Waals surface area contributed by atoms with Crippen LogP contribution in [0.25, 0.3) is 0 Å². The van der Waals surface area contributed by atoms with Crippen LogP contribution in [0.3, 0.4) is 0 Å². The summed E-state index contributed by atoms with van der Waals surface area (Å²) in [6.07, 6.45) is 0.401. The lowest BCUT2D eigenvalue weighted by atomic mass is 10.0. The summed E-state index contributed by atoms with van der Waals surface area (Å²) in [5, 5.41) is 7.82. The Morgan fingerprint density at radius 2 is 1.44 bits per heavy atom. The average Bonchev–Trinajstić information content (AvgIpc) is 2.69. The van der Waals surface area contributed by atoms with Crippen molar-refractivity contribution < 1.29 is 23.9 Å². The second kappa shape index (κ2) is 13.4. The van der Waals surface area contributed by atoms with E-state index in [9.17, 15) is 14.4 Å². The third-order valence-corrected chi connectivity index (χ3v) is 5.15. The molecule has 0 fully saturated rings. The smallest absolute Gasteiger partial charge is 0.408 e. The van der Waals surface area contributed by atoms with Crippen molar-refractivity contribution in [3.05, 3.63) is 35.9 Å². The second-order valence-corrected chi connectivity index (χ2v) is 10.7. The van der Waals surface area contributed by atoms with Crippen molar-refractivity contribution in [1.82, 2.24) is 16.0 Å². The second-order valence-electron chi connectivity index (χ2n) is 10.2. The van der Waals surface area contributed by atoms with E-state index in [4.69, 9.17) is 21.1 Å². The Morgan fingerprint density at radius 3 is 2.00 bits per heavy atom. The van der Waals surface area contributed by atoms with E-state index in [1.807, 2.05) is 37.3 Å². The lowest BCUT2D eigenvalue weighted by Crippen LogP contribution is -2.50. The van der Waals surface area contributed by atoms with Gasteiger partial charge in [0, 0.05) is 12.6 Å². The lowest BCUT2D eigenvalue weighted by molar-refractivity contribution is -0.124. The molecule has 0 aliphatic heterocycles. The van der Waals surface area contributed by atoms with Gasteiger partial charge in [-0.1, -0.05) is 30.3 Å². The molecule has 9 heteroatoms. The molecule has 0 aliphatic carbocycles. The minimum atomic E-state index is -0.807. The van der Waals surface area contributed by atoms with Gasteiger partial charge < -0.3 is 25.4 Å². The number of unbranched alkanes of at least 4 members (excludes halogenated alkanes) is 1. The molecule has 1 rings (SSSR count). The first kappa shape index (κ1) is 29.6. The van der Waals surface area contributed by atoms with Crippen LogP contribution in [0.5, 0.6) is 0 Å². The van der Waals surface area contributed by atoms with Gasteiger partial charge in [0.1, 0.15) is 17.2 Å². The topological polar surface area (TPSA) is 106 Å². The molecule has 0 heterocycles.